The second-order valence-electron chi connectivity index (χ2n) is 5.92. The van der Waals surface area contributed by atoms with Crippen molar-refractivity contribution in [3.8, 4) is 0 Å². The highest BCUT2D eigenvalue weighted by Gasteiger charge is 2.28. The van der Waals surface area contributed by atoms with Crippen LogP contribution in [0.5, 0.6) is 0 Å². The van der Waals surface area contributed by atoms with Crippen LogP contribution in [0.15, 0.2) is 18.6 Å². The van der Waals surface area contributed by atoms with Gasteiger partial charge in [-0.2, -0.15) is 0 Å². The molecule has 0 saturated heterocycles. The molecule has 0 unspecified atom stereocenters. The molecular formula is C16H19N5O. The lowest BCUT2D eigenvalue weighted by Gasteiger charge is -2.22. The number of pyridine rings is 1. The minimum atomic E-state index is -0.364. The molecular weight excluding hydrogens is 278 g/mol. The Morgan fingerprint density at radius 3 is 3.23 bits per heavy atom. The summed E-state index contributed by atoms with van der Waals surface area (Å²) in [7, 11) is 0. The number of H-pyrrole nitrogens is 1. The summed E-state index contributed by atoms with van der Waals surface area (Å²) in [5.74, 6) is -0.0338. The average Bonchev–Trinajstić information content (AvgIpc) is 3.20. The summed E-state index contributed by atoms with van der Waals surface area (Å²) in [4.78, 5) is 24.3. The lowest BCUT2D eigenvalue weighted by molar-refractivity contribution is -0.123. The Balaban J connectivity index is 1.43. The highest BCUT2D eigenvalue weighted by Crippen LogP contribution is 2.21. The van der Waals surface area contributed by atoms with E-state index < -0.39 is 0 Å². The summed E-state index contributed by atoms with van der Waals surface area (Å²) in [5.41, 5.74) is 5.48. The van der Waals surface area contributed by atoms with Crippen molar-refractivity contribution in [3.63, 3.8) is 0 Å². The SMILES string of the molecule is O=C(NCc1cnc2c(c1)CCC2)[C@@H]1NCCc2[nH]cnc21. The minimum absolute atomic E-state index is 0.0338. The van der Waals surface area contributed by atoms with E-state index in [1.807, 2.05) is 6.20 Å². The fourth-order valence-electron chi connectivity index (χ4n) is 3.30. The van der Waals surface area contributed by atoms with Crippen LogP contribution in [-0.2, 0) is 30.6 Å². The summed E-state index contributed by atoms with van der Waals surface area (Å²) in [6, 6.07) is 1.81. The van der Waals surface area contributed by atoms with E-state index in [4.69, 9.17) is 0 Å². The molecule has 114 valence electrons. The highest BCUT2D eigenvalue weighted by atomic mass is 16.2. The summed E-state index contributed by atoms with van der Waals surface area (Å²) < 4.78 is 0. The van der Waals surface area contributed by atoms with Crippen LogP contribution in [0.2, 0.25) is 0 Å². The van der Waals surface area contributed by atoms with Gasteiger partial charge < -0.3 is 15.6 Å². The topological polar surface area (TPSA) is 82.7 Å². The molecule has 2 aromatic heterocycles. The first-order chi connectivity index (χ1) is 10.8. The van der Waals surface area contributed by atoms with Gasteiger partial charge in [-0.3, -0.25) is 9.78 Å². The molecule has 6 heteroatoms. The molecule has 3 heterocycles. The van der Waals surface area contributed by atoms with Gasteiger partial charge in [0.25, 0.3) is 0 Å². The quantitative estimate of drug-likeness (QED) is 0.782. The normalized spacial score (nSPS) is 19.5. The number of rotatable bonds is 3. The number of hydrogen-bond donors (Lipinski definition) is 3. The summed E-state index contributed by atoms with van der Waals surface area (Å²) >= 11 is 0. The van der Waals surface area contributed by atoms with Crippen LogP contribution in [0, 0.1) is 0 Å². The van der Waals surface area contributed by atoms with Gasteiger partial charge in [0.05, 0.1) is 12.0 Å². The molecule has 1 atom stereocenters. The number of aromatic amines is 1. The molecule has 0 radical (unpaired) electrons. The number of nitrogens with zero attached hydrogens (tertiary/aromatic N) is 2. The van der Waals surface area contributed by atoms with Gasteiger partial charge in [0.15, 0.2) is 0 Å². The van der Waals surface area contributed by atoms with Crippen molar-refractivity contribution in [2.45, 2.75) is 38.3 Å². The fourth-order valence-corrected chi connectivity index (χ4v) is 3.30. The minimum Gasteiger partial charge on any atom is -0.350 e. The van der Waals surface area contributed by atoms with Crippen molar-refractivity contribution in [1.82, 2.24) is 25.6 Å². The Morgan fingerprint density at radius 1 is 1.32 bits per heavy atom. The highest BCUT2D eigenvalue weighted by molar-refractivity contribution is 5.83. The van der Waals surface area contributed by atoms with Gasteiger partial charge in [-0.15, -0.1) is 0 Å². The van der Waals surface area contributed by atoms with Crippen molar-refractivity contribution in [1.29, 1.82) is 0 Å². The summed E-state index contributed by atoms with van der Waals surface area (Å²) in [6.45, 7) is 1.30. The van der Waals surface area contributed by atoms with Crippen LogP contribution in [0.3, 0.4) is 0 Å². The van der Waals surface area contributed by atoms with Crippen molar-refractivity contribution in [2.75, 3.05) is 6.54 Å². The van der Waals surface area contributed by atoms with Gasteiger partial charge in [0.2, 0.25) is 5.91 Å². The van der Waals surface area contributed by atoms with Gasteiger partial charge in [0.1, 0.15) is 6.04 Å². The van der Waals surface area contributed by atoms with Gasteiger partial charge in [-0.25, -0.2) is 4.98 Å². The molecule has 0 spiro atoms. The smallest absolute Gasteiger partial charge is 0.243 e. The lowest BCUT2D eigenvalue weighted by Crippen LogP contribution is -2.41. The Bertz CT molecular complexity index is 708. The lowest BCUT2D eigenvalue weighted by atomic mass is 10.0. The van der Waals surface area contributed by atoms with E-state index in [9.17, 15) is 4.79 Å². The van der Waals surface area contributed by atoms with Crippen LogP contribution < -0.4 is 10.6 Å². The van der Waals surface area contributed by atoms with Gasteiger partial charge in [0, 0.05) is 37.1 Å². The Kier molecular flexibility index (Phi) is 3.38. The number of hydrogen-bond acceptors (Lipinski definition) is 4. The molecule has 0 saturated carbocycles. The number of carbonyl (C=O) groups is 1. The zero-order valence-corrected chi connectivity index (χ0v) is 12.4. The molecule has 2 aliphatic rings. The van der Waals surface area contributed by atoms with E-state index in [0.29, 0.717) is 6.54 Å². The second kappa shape index (κ2) is 5.53. The van der Waals surface area contributed by atoms with Crippen LogP contribution in [0.25, 0.3) is 0 Å². The van der Waals surface area contributed by atoms with E-state index >= 15 is 0 Å². The molecule has 3 N–H and O–H groups in total. The van der Waals surface area contributed by atoms with Crippen molar-refractivity contribution in [3.05, 3.63) is 46.8 Å². The van der Waals surface area contributed by atoms with E-state index in [1.165, 1.54) is 17.7 Å². The third-order valence-corrected chi connectivity index (χ3v) is 4.45. The maximum Gasteiger partial charge on any atom is 0.243 e. The molecule has 1 amide bonds. The number of amides is 1. The predicted molar refractivity (Wildman–Crippen MR) is 81.1 cm³/mol. The summed E-state index contributed by atoms with van der Waals surface area (Å²) in [5, 5.41) is 6.22. The molecule has 6 nitrogen and oxygen atoms in total. The number of carbonyl (C=O) groups excluding carboxylic acids is 1. The molecule has 2 aromatic rings. The van der Waals surface area contributed by atoms with Gasteiger partial charge >= 0.3 is 0 Å². The monoisotopic (exact) mass is 297 g/mol. The Labute approximate surface area is 128 Å². The molecule has 1 aliphatic carbocycles. The first-order valence-electron chi connectivity index (χ1n) is 7.81. The number of nitrogens with one attached hydrogen (secondary N) is 3. The third kappa shape index (κ3) is 2.39. The first-order valence-corrected chi connectivity index (χ1v) is 7.81. The maximum atomic E-state index is 12.4. The first kappa shape index (κ1) is 13.5. The van der Waals surface area contributed by atoms with E-state index in [2.05, 4.69) is 31.7 Å². The number of aromatic nitrogens is 3. The standard InChI is InChI=1S/C16H19N5O/c22-16(15-14-13(4-5-17-15)20-9-21-14)19-8-10-6-11-2-1-3-12(11)18-7-10/h6-7,9,15,17H,1-5,8H2,(H,19,22)(H,20,21)/t15-/m1/s1. The van der Waals surface area contributed by atoms with Crippen LogP contribution in [0.4, 0.5) is 0 Å². The third-order valence-electron chi connectivity index (χ3n) is 4.45. The van der Waals surface area contributed by atoms with Crippen LogP contribution >= 0.6 is 0 Å². The van der Waals surface area contributed by atoms with E-state index in [-0.39, 0.29) is 11.9 Å². The average molecular weight is 297 g/mol. The summed E-state index contributed by atoms with van der Waals surface area (Å²) in [6.07, 6.45) is 7.78. The number of aryl methyl sites for hydroxylation is 2. The predicted octanol–water partition coefficient (Wildman–Crippen LogP) is 0.797. The molecule has 0 bridgehead atoms. The zero-order chi connectivity index (χ0) is 14.9. The van der Waals surface area contributed by atoms with Crippen molar-refractivity contribution in [2.24, 2.45) is 0 Å². The van der Waals surface area contributed by atoms with Gasteiger partial charge in [-0.05, 0) is 30.4 Å². The molecule has 0 fully saturated rings. The molecule has 0 aromatic carbocycles. The van der Waals surface area contributed by atoms with E-state index in [1.54, 1.807) is 6.33 Å². The Hall–Kier alpha value is -2.21. The molecule has 1 aliphatic heterocycles. The van der Waals surface area contributed by atoms with Crippen LogP contribution in [0.1, 0.15) is 40.7 Å². The second-order valence-corrected chi connectivity index (χ2v) is 5.92. The maximum absolute atomic E-state index is 12.4. The fraction of sp³-hybridized carbons (Fsp3) is 0.438. The molecule has 22 heavy (non-hydrogen) atoms. The van der Waals surface area contributed by atoms with Crippen molar-refractivity contribution >= 4 is 5.91 Å². The van der Waals surface area contributed by atoms with Gasteiger partial charge in [-0.1, -0.05) is 6.07 Å². The van der Waals surface area contributed by atoms with Crippen LogP contribution in [-0.4, -0.2) is 27.4 Å². The van der Waals surface area contributed by atoms with E-state index in [0.717, 1.165) is 42.8 Å². The Morgan fingerprint density at radius 2 is 2.27 bits per heavy atom. The largest absolute Gasteiger partial charge is 0.350 e. The zero-order valence-electron chi connectivity index (χ0n) is 12.4. The number of fused-ring (bicyclic) bond motifs is 2. The molecule has 4 rings (SSSR count). The van der Waals surface area contributed by atoms with Crippen molar-refractivity contribution < 1.29 is 4.79 Å². The number of imidazole rings is 1.